The van der Waals surface area contributed by atoms with Gasteiger partial charge in [0.25, 0.3) is 0 Å². The van der Waals surface area contributed by atoms with Gasteiger partial charge in [0, 0.05) is 24.3 Å². The van der Waals surface area contributed by atoms with Gasteiger partial charge in [0.1, 0.15) is 22.6 Å². The Morgan fingerprint density at radius 1 is 1.16 bits per heavy atom. The minimum Gasteiger partial charge on any atom is -0.508 e. The van der Waals surface area contributed by atoms with E-state index in [2.05, 4.69) is 0 Å². The van der Waals surface area contributed by atoms with Crippen molar-refractivity contribution in [1.82, 2.24) is 0 Å². The maximum absolute atomic E-state index is 12.0. The van der Waals surface area contributed by atoms with Crippen LogP contribution in [0.4, 0.5) is 0 Å². The highest BCUT2D eigenvalue weighted by Crippen LogP contribution is 2.31. The van der Waals surface area contributed by atoms with Gasteiger partial charge in [-0.2, -0.15) is 0 Å². The fourth-order valence-corrected chi connectivity index (χ4v) is 2.84. The van der Waals surface area contributed by atoms with Crippen molar-refractivity contribution in [2.75, 3.05) is 0 Å². The second-order valence-electron chi connectivity index (χ2n) is 6.33. The predicted octanol–water partition coefficient (Wildman–Crippen LogP) is 1.51. The van der Waals surface area contributed by atoms with Gasteiger partial charge in [-0.25, -0.2) is 4.79 Å². The van der Waals surface area contributed by atoms with Crippen LogP contribution in [0.5, 0.6) is 11.5 Å². The molecule has 1 aromatic heterocycles. The minimum absolute atomic E-state index is 0.0113. The molecule has 134 valence electrons. The topological polar surface area (TPSA) is 124 Å². The molecule has 0 unspecified atom stereocenters. The number of ether oxygens (including phenoxy) is 1. The molecule has 1 saturated heterocycles. The van der Waals surface area contributed by atoms with Crippen molar-refractivity contribution in [1.29, 1.82) is 0 Å². The SMILES string of the molecule is C[C@@H](O)C[C@H]1O[C@@H]1C[C@H](O)/C=C/c1cc2cc(O)cc(O)c2c(=O)o1. The van der Waals surface area contributed by atoms with Crippen molar-refractivity contribution in [3.8, 4) is 11.5 Å². The van der Waals surface area contributed by atoms with Crippen LogP contribution >= 0.6 is 0 Å². The number of hydrogen-bond donors (Lipinski definition) is 4. The molecule has 0 aliphatic carbocycles. The number of benzene rings is 1. The largest absolute Gasteiger partial charge is 0.508 e. The van der Waals surface area contributed by atoms with E-state index in [0.717, 1.165) is 6.07 Å². The Morgan fingerprint density at radius 3 is 2.60 bits per heavy atom. The van der Waals surface area contributed by atoms with Crippen LogP contribution in [0.1, 0.15) is 25.5 Å². The molecule has 2 aromatic rings. The summed E-state index contributed by atoms with van der Waals surface area (Å²) in [6.07, 6.45) is 2.50. The molecule has 4 atom stereocenters. The van der Waals surface area contributed by atoms with Crippen molar-refractivity contribution >= 4 is 16.8 Å². The first-order chi connectivity index (χ1) is 11.8. The highest BCUT2D eigenvalue weighted by Gasteiger charge is 2.39. The van der Waals surface area contributed by atoms with Crippen LogP contribution in [0.2, 0.25) is 0 Å². The van der Waals surface area contributed by atoms with E-state index in [0.29, 0.717) is 18.2 Å². The van der Waals surface area contributed by atoms with E-state index in [4.69, 9.17) is 9.15 Å². The van der Waals surface area contributed by atoms with Crippen molar-refractivity contribution in [3.63, 3.8) is 0 Å². The Balaban J connectivity index is 1.70. The predicted molar refractivity (Wildman–Crippen MR) is 90.4 cm³/mol. The number of aromatic hydroxyl groups is 2. The summed E-state index contributed by atoms with van der Waals surface area (Å²) < 4.78 is 10.5. The smallest absolute Gasteiger partial charge is 0.347 e. The first-order valence-corrected chi connectivity index (χ1v) is 8.03. The number of hydrogen-bond acceptors (Lipinski definition) is 7. The molecular formula is C18H20O7. The molecule has 3 rings (SSSR count). The first-order valence-electron chi connectivity index (χ1n) is 8.03. The molecule has 0 amide bonds. The Kier molecular flexibility index (Phi) is 4.80. The van der Waals surface area contributed by atoms with E-state index >= 15 is 0 Å². The summed E-state index contributed by atoms with van der Waals surface area (Å²) in [6, 6.07) is 3.90. The van der Waals surface area contributed by atoms with Gasteiger partial charge in [-0.05, 0) is 25.1 Å². The van der Waals surface area contributed by atoms with Crippen LogP contribution in [-0.2, 0) is 4.74 Å². The summed E-state index contributed by atoms with van der Waals surface area (Å²) in [6.45, 7) is 1.69. The molecule has 0 saturated carbocycles. The summed E-state index contributed by atoms with van der Waals surface area (Å²) in [7, 11) is 0. The zero-order chi connectivity index (χ0) is 18.1. The number of rotatable bonds is 6. The van der Waals surface area contributed by atoms with Gasteiger partial charge in [0.2, 0.25) is 0 Å². The molecule has 7 nitrogen and oxygen atoms in total. The summed E-state index contributed by atoms with van der Waals surface area (Å²) in [5, 5.41) is 38.9. The van der Waals surface area contributed by atoms with E-state index < -0.39 is 17.8 Å². The molecular weight excluding hydrogens is 328 g/mol. The van der Waals surface area contributed by atoms with E-state index in [1.807, 2.05) is 0 Å². The van der Waals surface area contributed by atoms with Crippen molar-refractivity contribution in [2.24, 2.45) is 0 Å². The van der Waals surface area contributed by atoms with Gasteiger partial charge in [-0.1, -0.05) is 6.08 Å². The fourth-order valence-electron chi connectivity index (χ4n) is 2.84. The summed E-state index contributed by atoms with van der Waals surface area (Å²) in [4.78, 5) is 12.0. The number of epoxide rings is 1. The molecule has 7 heteroatoms. The maximum Gasteiger partial charge on any atom is 0.347 e. The number of fused-ring (bicyclic) bond motifs is 1. The third-order valence-corrected chi connectivity index (χ3v) is 4.06. The van der Waals surface area contributed by atoms with Crippen LogP contribution in [0.15, 0.2) is 33.5 Å². The molecule has 1 fully saturated rings. The number of aliphatic hydroxyl groups excluding tert-OH is 2. The lowest BCUT2D eigenvalue weighted by molar-refractivity contribution is 0.170. The fraction of sp³-hybridized carbons (Fsp3) is 0.389. The molecule has 2 heterocycles. The van der Waals surface area contributed by atoms with Gasteiger partial charge in [-0.15, -0.1) is 0 Å². The van der Waals surface area contributed by atoms with Gasteiger partial charge in [0.15, 0.2) is 0 Å². The number of phenolic OH excluding ortho intramolecular Hbond substituents is 2. The van der Waals surface area contributed by atoms with Crippen LogP contribution in [0, 0.1) is 0 Å². The summed E-state index contributed by atoms with van der Waals surface area (Å²) in [5.41, 5.74) is -0.730. The third kappa shape index (κ3) is 4.19. The Morgan fingerprint density at radius 2 is 1.88 bits per heavy atom. The normalized spacial score (nSPS) is 22.4. The second kappa shape index (κ2) is 6.87. The molecule has 0 bridgehead atoms. The van der Waals surface area contributed by atoms with Crippen LogP contribution < -0.4 is 5.63 Å². The first kappa shape index (κ1) is 17.5. The highest BCUT2D eigenvalue weighted by molar-refractivity contribution is 5.89. The van der Waals surface area contributed by atoms with Crippen LogP contribution in [0.3, 0.4) is 0 Å². The molecule has 1 aliphatic rings. The van der Waals surface area contributed by atoms with E-state index in [1.165, 1.54) is 24.3 Å². The number of phenols is 2. The van der Waals surface area contributed by atoms with Crippen molar-refractivity contribution in [3.05, 3.63) is 40.5 Å². The number of aliphatic hydroxyl groups is 2. The Bertz CT molecular complexity index is 852. The molecule has 1 aromatic carbocycles. The average Bonchev–Trinajstić information content (AvgIpc) is 3.20. The van der Waals surface area contributed by atoms with E-state index in [1.54, 1.807) is 6.92 Å². The molecule has 25 heavy (non-hydrogen) atoms. The van der Waals surface area contributed by atoms with E-state index in [9.17, 15) is 25.2 Å². The monoisotopic (exact) mass is 348 g/mol. The minimum atomic E-state index is -0.789. The lowest BCUT2D eigenvalue weighted by Crippen LogP contribution is -2.11. The van der Waals surface area contributed by atoms with Gasteiger partial charge in [-0.3, -0.25) is 0 Å². The third-order valence-electron chi connectivity index (χ3n) is 4.06. The van der Waals surface area contributed by atoms with Crippen molar-refractivity contribution < 1.29 is 29.6 Å². The van der Waals surface area contributed by atoms with Gasteiger partial charge in [0.05, 0.1) is 24.4 Å². The summed E-state index contributed by atoms with van der Waals surface area (Å²) >= 11 is 0. The maximum atomic E-state index is 12.0. The average molecular weight is 348 g/mol. The van der Waals surface area contributed by atoms with Gasteiger partial charge < -0.3 is 29.6 Å². The molecule has 0 radical (unpaired) electrons. The zero-order valence-electron chi connectivity index (χ0n) is 13.6. The lowest BCUT2D eigenvalue weighted by Gasteiger charge is -2.04. The quantitative estimate of drug-likeness (QED) is 0.583. The van der Waals surface area contributed by atoms with E-state index in [-0.39, 0.29) is 34.9 Å². The Hall–Kier alpha value is -2.35. The van der Waals surface area contributed by atoms with Crippen molar-refractivity contribution in [2.45, 2.75) is 44.2 Å². The Labute approximate surface area is 143 Å². The standard InChI is InChI=1S/C18H20O7/c1-9(19)4-15-16(25-15)8-11(20)2-3-13-6-10-5-12(21)7-14(22)17(10)18(23)24-13/h2-3,5-7,9,11,15-16,19-22H,4,8H2,1H3/b3-2+/t9-,11-,15-,16-/m1/s1. The highest BCUT2D eigenvalue weighted by atomic mass is 16.6. The molecule has 1 aliphatic heterocycles. The molecule has 0 spiro atoms. The summed E-state index contributed by atoms with van der Waals surface area (Å²) in [5.74, 6) is -0.325. The second-order valence-corrected chi connectivity index (χ2v) is 6.33. The molecule has 4 N–H and O–H groups in total. The van der Waals surface area contributed by atoms with Gasteiger partial charge >= 0.3 is 5.63 Å². The van der Waals surface area contributed by atoms with Crippen LogP contribution in [-0.4, -0.2) is 44.8 Å². The zero-order valence-corrected chi connectivity index (χ0v) is 13.6. The van der Waals surface area contributed by atoms with Crippen LogP contribution in [0.25, 0.3) is 16.8 Å². The lowest BCUT2D eigenvalue weighted by atomic mass is 10.1.